The molecular weight excluding hydrogens is 270 g/mol. The average molecular weight is 283 g/mol. The van der Waals surface area contributed by atoms with E-state index in [0.717, 1.165) is 4.57 Å². The van der Waals surface area contributed by atoms with E-state index in [1.54, 1.807) is 0 Å². The van der Waals surface area contributed by atoms with Crippen molar-refractivity contribution in [3.05, 3.63) is 16.8 Å². The van der Waals surface area contributed by atoms with Crippen molar-refractivity contribution >= 4 is 17.0 Å². The number of nitrogens with zero attached hydrogens (tertiary/aromatic N) is 3. The van der Waals surface area contributed by atoms with E-state index in [4.69, 9.17) is 15.6 Å². The van der Waals surface area contributed by atoms with Gasteiger partial charge in [-0.05, 0) is 0 Å². The van der Waals surface area contributed by atoms with Crippen molar-refractivity contribution in [1.29, 1.82) is 0 Å². The van der Waals surface area contributed by atoms with Crippen LogP contribution in [0.15, 0.2) is 11.1 Å². The molecule has 0 unspecified atom stereocenters. The fraction of sp³-hybridized carbons (Fsp3) is 0.500. The Bertz CT molecular complexity index is 697. The van der Waals surface area contributed by atoms with Gasteiger partial charge in [-0.2, -0.15) is 4.98 Å². The van der Waals surface area contributed by atoms with Gasteiger partial charge in [0, 0.05) is 0 Å². The van der Waals surface area contributed by atoms with E-state index >= 15 is 0 Å². The summed E-state index contributed by atoms with van der Waals surface area (Å²) in [6, 6.07) is 0. The molecule has 0 saturated carbocycles. The third-order valence-electron chi connectivity index (χ3n) is 3.30. The van der Waals surface area contributed by atoms with Crippen LogP contribution < -0.4 is 11.4 Å². The first-order valence-corrected chi connectivity index (χ1v) is 5.88. The fourth-order valence-corrected chi connectivity index (χ4v) is 2.28. The number of aromatic amines is 1. The Morgan fingerprint density at radius 1 is 1.45 bits per heavy atom. The number of ether oxygens (including phenoxy) is 1. The molecule has 6 N–H and O–H groups in total. The van der Waals surface area contributed by atoms with Gasteiger partial charge in [0.1, 0.15) is 23.8 Å². The van der Waals surface area contributed by atoms with E-state index in [9.17, 15) is 15.0 Å². The van der Waals surface area contributed by atoms with Gasteiger partial charge in [0.2, 0.25) is 0 Å². The standard InChI is InChI=1S/C10H13N5O5/c11-7-4-8(13-2-12-4)15(10(19)14-7)9-6(18)5(17)3(1-16)20-9/h2-3,5-6,9,16-18H,1H2,(H,12,13)(H2,11,14,19)/t3-,5-,6-,9-/m1/s1. The Morgan fingerprint density at radius 2 is 2.20 bits per heavy atom. The van der Waals surface area contributed by atoms with E-state index in [1.807, 2.05) is 0 Å². The number of H-pyrrole nitrogens is 1. The van der Waals surface area contributed by atoms with Crippen molar-refractivity contribution in [2.75, 3.05) is 12.3 Å². The first-order chi connectivity index (χ1) is 9.54. The molecule has 3 heterocycles. The van der Waals surface area contributed by atoms with Crippen LogP contribution >= 0.6 is 0 Å². The number of imidazole rings is 1. The van der Waals surface area contributed by atoms with E-state index in [0.29, 0.717) is 5.52 Å². The molecule has 10 nitrogen and oxygen atoms in total. The maximum absolute atomic E-state index is 12.0. The second-order valence-corrected chi connectivity index (χ2v) is 4.48. The molecule has 0 aliphatic carbocycles. The van der Waals surface area contributed by atoms with Gasteiger partial charge >= 0.3 is 5.69 Å². The zero-order valence-electron chi connectivity index (χ0n) is 10.2. The molecule has 0 bridgehead atoms. The molecule has 1 fully saturated rings. The molecule has 1 saturated heterocycles. The summed E-state index contributed by atoms with van der Waals surface area (Å²) in [5.41, 5.74) is 5.30. The van der Waals surface area contributed by atoms with Gasteiger partial charge in [0.05, 0.1) is 12.9 Å². The van der Waals surface area contributed by atoms with Gasteiger partial charge in [-0.25, -0.2) is 14.3 Å². The minimum Gasteiger partial charge on any atom is -0.394 e. The predicted octanol–water partition coefficient (Wildman–Crippen LogP) is -2.69. The van der Waals surface area contributed by atoms with E-state index in [1.165, 1.54) is 6.33 Å². The van der Waals surface area contributed by atoms with Crippen molar-refractivity contribution in [2.24, 2.45) is 0 Å². The van der Waals surface area contributed by atoms with Gasteiger partial charge in [-0.15, -0.1) is 0 Å². The quantitative estimate of drug-likeness (QED) is 0.398. The lowest BCUT2D eigenvalue weighted by molar-refractivity contribution is -0.0529. The Labute approximate surface area is 111 Å². The summed E-state index contributed by atoms with van der Waals surface area (Å²) in [6.45, 7) is -0.490. The molecule has 4 atom stereocenters. The summed E-state index contributed by atoms with van der Waals surface area (Å²) < 4.78 is 6.29. The van der Waals surface area contributed by atoms with E-state index in [2.05, 4.69) is 15.0 Å². The molecule has 3 rings (SSSR count). The lowest BCUT2D eigenvalue weighted by atomic mass is 10.1. The smallest absolute Gasteiger partial charge is 0.353 e. The summed E-state index contributed by atoms with van der Waals surface area (Å²) in [5, 5.41) is 28.8. The number of aromatic nitrogens is 4. The molecule has 0 spiro atoms. The van der Waals surface area contributed by atoms with Crippen LogP contribution in [0.1, 0.15) is 6.23 Å². The number of nitrogens with two attached hydrogens (primary N) is 1. The highest BCUT2D eigenvalue weighted by molar-refractivity contribution is 5.81. The number of aliphatic hydroxyl groups excluding tert-OH is 3. The van der Waals surface area contributed by atoms with Crippen LogP contribution in [0.25, 0.3) is 11.2 Å². The third-order valence-corrected chi connectivity index (χ3v) is 3.30. The summed E-state index contributed by atoms with van der Waals surface area (Å²) >= 11 is 0. The molecule has 0 radical (unpaired) electrons. The molecule has 20 heavy (non-hydrogen) atoms. The van der Waals surface area contributed by atoms with Crippen LogP contribution in [0.3, 0.4) is 0 Å². The first-order valence-electron chi connectivity index (χ1n) is 5.88. The van der Waals surface area contributed by atoms with Crippen LogP contribution in [-0.2, 0) is 4.74 Å². The number of anilines is 1. The highest BCUT2D eigenvalue weighted by atomic mass is 16.6. The summed E-state index contributed by atoms with van der Waals surface area (Å²) in [5.74, 6) is -0.0227. The van der Waals surface area contributed by atoms with Crippen LogP contribution in [-0.4, -0.2) is 59.8 Å². The van der Waals surface area contributed by atoms with E-state index in [-0.39, 0.29) is 11.5 Å². The van der Waals surface area contributed by atoms with Crippen molar-refractivity contribution in [3.8, 4) is 0 Å². The van der Waals surface area contributed by atoms with Gasteiger partial charge < -0.3 is 30.8 Å². The lowest BCUT2D eigenvalue weighted by Gasteiger charge is -2.17. The van der Waals surface area contributed by atoms with E-state index < -0.39 is 36.8 Å². The van der Waals surface area contributed by atoms with Crippen molar-refractivity contribution in [3.63, 3.8) is 0 Å². The molecular formula is C10H13N5O5. The van der Waals surface area contributed by atoms with Gasteiger partial charge in [0.25, 0.3) is 0 Å². The highest BCUT2D eigenvalue weighted by Crippen LogP contribution is 2.30. The minimum absolute atomic E-state index is 0.0227. The molecule has 1 aliphatic heterocycles. The van der Waals surface area contributed by atoms with Gasteiger partial charge in [-0.1, -0.05) is 0 Å². The molecule has 0 amide bonds. The minimum atomic E-state index is -1.39. The van der Waals surface area contributed by atoms with Crippen LogP contribution in [0, 0.1) is 0 Å². The van der Waals surface area contributed by atoms with Crippen molar-refractivity contribution in [1.82, 2.24) is 19.5 Å². The second kappa shape index (κ2) is 4.52. The number of nitrogens with one attached hydrogen (secondary N) is 1. The SMILES string of the molecule is Nc1nc(=O)n([C@@H]2O[C@H](CO)[C@@H](O)[C@H]2O)c2nc[nH]c12. The third kappa shape index (κ3) is 1.70. The zero-order chi connectivity index (χ0) is 14.4. The fourth-order valence-electron chi connectivity index (χ4n) is 2.28. The van der Waals surface area contributed by atoms with Crippen LogP contribution in [0.2, 0.25) is 0 Å². The monoisotopic (exact) mass is 283 g/mol. The zero-order valence-corrected chi connectivity index (χ0v) is 10.2. The van der Waals surface area contributed by atoms with Gasteiger partial charge in [0.15, 0.2) is 17.7 Å². The summed E-state index contributed by atoms with van der Waals surface area (Å²) in [4.78, 5) is 22.2. The predicted molar refractivity (Wildman–Crippen MR) is 65.6 cm³/mol. The van der Waals surface area contributed by atoms with Crippen LogP contribution in [0.4, 0.5) is 5.82 Å². The topological polar surface area (TPSA) is 160 Å². The maximum Gasteiger partial charge on any atom is 0.353 e. The second-order valence-electron chi connectivity index (χ2n) is 4.48. The highest BCUT2D eigenvalue weighted by Gasteiger charge is 2.44. The Morgan fingerprint density at radius 3 is 2.85 bits per heavy atom. The van der Waals surface area contributed by atoms with Crippen LogP contribution in [0.5, 0.6) is 0 Å². The molecule has 108 valence electrons. The normalized spacial score (nSPS) is 30.1. The van der Waals surface area contributed by atoms with Gasteiger partial charge in [-0.3, -0.25) is 0 Å². The van der Waals surface area contributed by atoms with Crippen molar-refractivity contribution in [2.45, 2.75) is 24.5 Å². The number of nitrogen functional groups attached to an aromatic ring is 1. The number of hydrogen-bond acceptors (Lipinski definition) is 8. The van der Waals surface area contributed by atoms with Crippen molar-refractivity contribution < 1.29 is 20.1 Å². The Hall–Kier alpha value is -2.01. The Kier molecular flexibility index (Phi) is 2.94. The average Bonchev–Trinajstić information content (AvgIpc) is 2.99. The number of hydrogen-bond donors (Lipinski definition) is 5. The molecule has 2 aromatic rings. The maximum atomic E-state index is 12.0. The summed E-state index contributed by atoms with van der Waals surface area (Å²) in [7, 11) is 0. The summed E-state index contributed by atoms with van der Waals surface area (Å²) in [6.07, 6.45) is -3.58. The molecule has 1 aliphatic rings. The number of fused-ring (bicyclic) bond motifs is 1. The largest absolute Gasteiger partial charge is 0.394 e. The number of aliphatic hydroxyl groups is 3. The first kappa shape index (κ1) is 13.0. The molecule has 10 heteroatoms. The molecule has 0 aromatic carbocycles. The lowest BCUT2D eigenvalue weighted by Crippen LogP contribution is -2.36. The molecule has 2 aromatic heterocycles. The Balaban J connectivity index is 2.16. The number of rotatable bonds is 2.